The molecule has 0 fully saturated rings. The summed E-state index contributed by atoms with van der Waals surface area (Å²) in [5, 5.41) is 0. The Labute approximate surface area is 102 Å². The molecule has 0 amide bonds. The Balaban J connectivity index is 0. The van der Waals surface area contributed by atoms with Crippen LogP contribution in [0.5, 0.6) is 0 Å². The second-order valence-corrected chi connectivity index (χ2v) is 0. The first-order valence-corrected chi connectivity index (χ1v) is 0. The van der Waals surface area contributed by atoms with Crippen LogP contribution in [0.1, 0.15) is 0 Å². The standard InChI is InChI=1S/Cd.In.Sn.Tl.6H. The van der Waals surface area contributed by atoms with E-state index >= 15 is 0 Å². The summed E-state index contributed by atoms with van der Waals surface area (Å²) in [7, 11) is 0. The summed E-state index contributed by atoms with van der Waals surface area (Å²) >= 11 is 0. The van der Waals surface area contributed by atoms with Gasteiger partial charge >= 0.3 is 77.0 Å². The average Bonchev–Trinajstić information content (AvgIpc) is 0. The topological polar surface area (TPSA) is 0 Å². The number of rotatable bonds is 0. The van der Waals surface area contributed by atoms with Crippen molar-refractivity contribution >= 4 is 77.0 Å². The van der Waals surface area contributed by atoms with Crippen LogP contribution in [0.25, 0.3) is 0 Å². The van der Waals surface area contributed by atoms with Crippen molar-refractivity contribution < 1.29 is 27.3 Å². The molecule has 4 heteroatoms. The molecule has 0 aromatic heterocycles. The Morgan fingerprint density at radius 1 is 1.00 bits per heavy atom. The second-order valence-electron chi connectivity index (χ2n) is 0. The van der Waals surface area contributed by atoms with Gasteiger partial charge in [0.2, 0.25) is 0 Å². The van der Waals surface area contributed by atoms with E-state index in [0.717, 1.165) is 0 Å². The molecule has 0 saturated heterocycles. The van der Waals surface area contributed by atoms with Gasteiger partial charge in [-0.15, -0.1) is 0 Å². The van der Waals surface area contributed by atoms with Crippen molar-refractivity contribution in [3.8, 4) is 0 Å². The first-order chi connectivity index (χ1) is 0. The minimum absolute atomic E-state index is 0. The van der Waals surface area contributed by atoms with Gasteiger partial charge in [0, 0.05) is 27.3 Å². The molecule has 4 heavy (non-hydrogen) atoms. The predicted octanol–water partition coefficient (Wildman–Crippen LogP) is -2.75. The third-order valence-corrected chi connectivity index (χ3v) is 0. The van der Waals surface area contributed by atoms with Gasteiger partial charge in [-0.3, -0.25) is 0 Å². The molecule has 0 nitrogen and oxygen atoms in total. The van der Waals surface area contributed by atoms with Crippen LogP contribution in [0.3, 0.4) is 0 Å². The van der Waals surface area contributed by atoms with E-state index in [-0.39, 0.29) is 104 Å². The molecule has 0 bridgehead atoms. The van der Waals surface area contributed by atoms with E-state index < -0.39 is 0 Å². The molecule has 0 N–H and O–H groups in total. The average molecular weight is 556 g/mol. The van der Waals surface area contributed by atoms with E-state index in [2.05, 4.69) is 0 Å². The molecule has 0 heterocycles. The van der Waals surface area contributed by atoms with Gasteiger partial charge in [0.1, 0.15) is 0 Å². The van der Waals surface area contributed by atoms with Crippen molar-refractivity contribution in [3.63, 3.8) is 0 Å². The molecule has 0 aliphatic carbocycles. The van der Waals surface area contributed by atoms with Gasteiger partial charge in [0.25, 0.3) is 0 Å². The summed E-state index contributed by atoms with van der Waals surface area (Å²) < 4.78 is 0. The first kappa shape index (κ1) is 25.8. The van der Waals surface area contributed by atoms with Crippen LogP contribution in [0, 0.1) is 0 Å². The molecular weight excluding hydrogens is 550 g/mol. The number of hydrogen-bond acceptors (Lipinski definition) is 0. The van der Waals surface area contributed by atoms with Crippen LogP contribution >= 0.6 is 0 Å². The van der Waals surface area contributed by atoms with Crippen LogP contribution < -0.4 is 0 Å². The first-order valence-electron chi connectivity index (χ1n) is 0. The predicted molar refractivity (Wildman–Crippen MR) is 25.6 cm³/mol. The van der Waals surface area contributed by atoms with E-state index in [9.17, 15) is 0 Å². The fourth-order valence-electron chi connectivity index (χ4n) is 0. The zero-order chi connectivity index (χ0) is 0. The summed E-state index contributed by atoms with van der Waals surface area (Å²) in [6.07, 6.45) is 0. The second kappa shape index (κ2) is 16.0. The molecule has 0 saturated carbocycles. The van der Waals surface area contributed by atoms with Gasteiger partial charge in [-0.25, -0.2) is 0 Å². The van der Waals surface area contributed by atoms with Crippen LogP contribution in [0.15, 0.2) is 0 Å². The van der Waals surface area contributed by atoms with E-state index in [0.29, 0.717) is 0 Å². The summed E-state index contributed by atoms with van der Waals surface area (Å²) in [4.78, 5) is 0. The van der Waals surface area contributed by atoms with Gasteiger partial charge in [-0.1, -0.05) is 0 Å². The Bertz CT molecular complexity index is 8.00. The molecular formula is H6CdInSnTl. The van der Waals surface area contributed by atoms with Gasteiger partial charge in [-0.2, -0.15) is 0 Å². The van der Waals surface area contributed by atoms with Crippen molar-refractivity contribution in [1.82, 2.24) is 0 Å². The maximum atomic E-state index is 0. The summed E-state index contributed by atoms with van der Waals surface area (Å²) in [6, 6.07) is 0. The molecule has 18 valence electrons. The zero-order valence-electron chi connectivity index (χ0n) is 2.12. The molecule has 0 aromatic rings. The van der Waals surface area contributed by atoms with Gasteiger partial charge in [-0.05, 0) is 0 Å². The van der Waals surface area contributed by atoms with Crippen LogP contribution in [0.4, 0.5) is 0 Å². The van der Waals surface area contributed by atoms with Crippen molar-refractivity contribution in [2.24, 2.45) is 0 Å². The fraction of sp³-hybridized carbons (Fsp3) is 0. The van der Waals surface area contributed by atoms with Crippen LogP contribution in [-0.4, -0.2) is 77.0 Å². The zero-order valence-corrected chi connectivity index (χ0v) is 15.7. The van der Waals surface area contributed by atoms with Crippen molar-refractivity contribution in [2.45, 2.75) is 0 Å². The summed E-state index contributed by atoms with van der Waals surface area (Å²) in [6.45, 7) is 0. The molecule has 0 aromatic carbocycles. The van der Waals surface area contributed by atoms with Crippen LogP contribution in [0.2, 0.25) is 0 Å². The molecule has 0 atom stereocenters. The summed E-state index contributed by atoms with van der Waals surface area (Å²) in [5.74, 6) is 0. The van der Waals surface area contributed by atoms with E-state index in [1.807, 2.05) is 0 Å². The van der Waals surface area contributed by atoms with Crippen molar-refractivity contribution in [3.05, 3.63) is 0 Å². The molecule has 0 aliphatic heterocycles. The molecule has 0 unspecified atom stereocenters. The van der Waals surface area contributed by atoms with E-state index in [1.54, 1.807) is 0 Å². The van der Waals surface area contributed by atoms with Gasteiger partial charge in [0.05, 0.1) is 0 Å². The van der Waals surface area contributed by atoms with Crippen molar-refractivity contribution in [1.29, 1.82) is 0 Å². The van der Waals surface area contributed by atoms with E-state index in [4.69, 9.17) is 0 Å². The van der Waals surface area contributed by atoms with Crippen LogP contribution in [-0.2, 0) is 27.3 Å². The normalized spacial score (nSPS) is 0. The third kappa shape index (κ3) is 9.10. The summed E-state index contributed by atoms with van der Waals surface area (Å²) in [5.41, 5.74) is 0. The minimum atomic E-state index is 0. The van der Waals surface area contributed by atoms with Crippen molar-refractivity contribution in [2.75, 3.05) is 0 Å². The quantitative estimate of drug-likeness (QED) is 0.284. The Hall–Kier alpha value is 3.51. The Morgan fingerprint density at radius 3 is 1.00 bits per heavy atom. The maximum absolute atomic E-state index is 0. The molecule has 0 spiro atoms. The SMILES string of the molecule is [Cd].[InH3].[SnH2].[TlH]. The molecule has 3 radical (unpaired) electrons. The van der Waals surface area contributed by atoms with Gasteiger partial charge in [0.15, 0.2) is 0 Å². The third-order valence-electron chi connectivity index (χ3n) is 0. The fourth-order valence-corrected chi connectivity index (χ4v) is 0. The molecule has 0 rings (SSSR count). The van der Waals surface area contributed by atoms with E-state index in [1.165, 1.54) is 0 Å². The Kier molecular flexibility index (Phi) is 104. The Morgan fingerprint density at radius 2 is 1.00 bits per heavy atom. The molecule has 0 aliphatic rings. The number of hydrogen-bond donors (Lipinski definition) is 0. The van der Waals surface area contributed by atoms with Gasteiger partial charge < -0.3 is 0 Å². The monoisotopic (exact) mass is 560 g/mol.